The van der Waals surface area contributed by atoms with Gasteiger partial charge in [-0.2, -0.15) is 0 Å². The van der Waals surface area contributed by atoms with Crippen LogP contribution in [0.25, 0.3) is 0 Å². The zero-order valence-corrected chi connectivity index (χ0v) is 9.64. The van der Waals surface area contributed by atoms with Crippen LogP contribution in [-0.4, -0.2) is 13.1 Å². The van der Waals surface area contributed by atoms with Gasteiger partial charge in [0, 0.05) is 4.48 Å². The Hall–Kier alpha value is -0.830. The summed E-state index contributed by atoms with van der Waals surface area (Å²) in [4.78, 5) is 11.3. The van der Waals surface area contributed by atoms with Crippen LogP contribution in [0.5, 0.6) is 0 Å². The summed E-state index contributed by atoms with van der Waals surface area (Å²) in [6.07, 6.45) is 3.49. The van der Waals surface area contributed by atoms with E-state index < -0.39 is 0 Å². The van der Waals surface area contributed by atoms with Crippen LogP contribution in [0.15, 0.2) is 34.4 Å². The molecule has 0 aromatic carbocycles. The minimum absolute atomic E-state index is 0.351. The Morgan fingerprint density at radius 1 is 1.54 bits per heavy atom. The van der Waals surface area contributed by atoms with E-state index in [-0.39, 0.29) is 5.97 Å². The normalized spacial score (nSPS) is 12.6. The van der Waals surface area contributed by atoms with E-state index in [4.69, 9.17) is 0 Å². The molecule has 0 rings (SSSR count). The van der Waals surface area contributed by atoms with Crippen molar-refractivity contribution < 1.29 is 9.53 Å². The van der Waals surface area contributed by atoms with Crippen LogP contribution in [-0.2, 0) is 9.53 Å². The number of halogens is 1. The zero-order chi connectivity index (χ0) is 10.4. The molecule has 0 aliphatic rings. The third-order valence-corrected chi connectivity index (χ3v) is 2.14. The first-order chi connectivity index (χ1) is 6.04. The summed E-state index contributed by atoms with van der Waals surface area (Å²) in [7, 11) is 1.36. The van der Waals surface area contributed by atoms with E-state index in [1.54, 1.807) is 12.2 Å². The highest BCUT2D eigenvalue weighted by Gasteiger charge is 2.10. The summed E-state index contributed by atoms with van der Waals surface area (Å²) in [5, 5.41) is 0. The Morgan fingerprint density at radius 3 is 2.38 bits per heavy atom. The van der Waals surface area contributed by atoms with Gasteiger partial charge in [-0.05, 0) is 19.4 Å². The fraction of sp³-hybridized carbons (Fsp3) is 0.300. The van der Waals surface area contributed by atoms with E-state index in [1.807, 2.05) is 13.8 Å². The lowest BCUT2D eigenvalue weighted by molar-refractivity contribution is -0.135. The van der Waals surface area contributed by atoms with E-state index in [1.165, 1.54) is 7.11 Å². The molecule has 0 fully saturated rings. The number of methoxy groups -OCH3 is 1. The molecule has 0 aliphatic heterocycles. The summed E-state index contributed by atoms with van der Waals surface area (Å²) in [5.41, 5.74) is 1.30. The Bertz CT molecular complexity index is 275. The maximum absolute atomic E-state index is 11.3. The van der Waals surface area contributed by atoms with Crippen molar-refractivity contribution in [1.82, 2.24) is 0 Å². The van der Waals surface area contributed by atoms with Gasteiger partial charge in [-0.15, -0.1) is 0 Å². The molecule has 0 heterocycles. The topological polar surface area (TPSA) is 26.3 Å². The SMILES string of the molecule is C=C(Br)/C(C)=C(\C=C/C)C(=O)OC. The van der Waals surface area contributed by atoms with Crippen LogP contribution < -0.4 is 0 Å². The molecule has 0 saturated carbocycles. The summed E-state index contributed by atoms with van der Waals surface area (Å²) in [6, 6.07) is 0. The molecular weight excluding hydrogens is 232 g/mol. The summed E-state index contributed by atoms with van der Waals surface area (Å²) >= 11 is 3.21. The molecule has 2 nitrogen and oxygen atoms in total. The first-order valence-electron chi connectivity index (χ1n) is 3.81. The minimum atomic E-state index is -0.351. The lowest BCUT2D eigenvalue weighted by Gasteiger charge is -2.04. The van der Waals surface area contributed by atoms with Gasteiger partial charge in [-0.3, -0.25) is 0 Å². The van der Waals surface area contributed by atoms with E-state index in [0.29, 0.717) is 10.1 Å². The number of allylic oxidation sites excluding steroid dienone is 3. The molecule has 0 radical (unpaired) electrons. The molecule has 0 N–H and O–H groups in total. The third-order valence-electron chi connectivity index (χ3n) is 1.55. The molecule has 0 aliphatic carbocycles. The van der Waals surface area contributed by atoms with Gasteiger partial charge in [0.15, 0.2) is 0 Å². The highest BCUT2D eigenvalue weighted by molar-refractivity contribution is 9.11. The van der Waals surface area contributed by atoms with E-state index >= 15 is 0 Å². The molecule has 0 bridgehead atoms. The summed E-state index contributed by atoms with van der Waals surface area (Å²) in [6.45, 7) is 7.34. The van der Waals surface area contributed by atoms with Gasteiger partial charge >= 0.3 is 5.97 Å². The molecule has 0 aromatic rings. The van der Waals surface area contributed by atoms with Crippen molar-refractivity contribution in [2.45, 2.75) is 13.8 Å². The summed E-state index contributed by atoms with van der Waals surface area (Å²) in [5.74, 6) is -0.351. The number of esters is 1. The average molecular weight is 245 g/mol. The molecule has 0 saturated heterocycles. The maximum Gasteiger partial charge on any atom is 0.338 e. The number of hydrogen-bond donors (Lipinski definition) is 0. The molecular formula is C10H13BrO2. The largest absolute Gasteiger partial charge is 0.465 e. The molecule has 3 heteroatoms. The molecule has 13 heavy (non-hydrogen) atoms. The van der Waals surface area contributed by atoms with Crippen molar-refractivity contribution in [3.8, 4) is 0 Å². The highest BCUT2D eigenvalue weighted by atomic mass is 79.9. The highest BCUT2D eigenvalue weighted by Crippen LogP contribution is 2.19. The second-order valence-corrected chi connectivity index (χ2v) is 3.39. The van der Waals surface area contributed by atoms with Crippen LogP contribution in [0.1, 0.15) is 13.8 Å². The predicted molar refractivity (Wildman–Crippen MR) is 57.6 cm³/mol. The number of carbonyl (C=O) groups excluding carboxylic acids is 1. The molecule has 0 atom stereocenters. The van der Waals surface area contributed by atoms with Crippen molar-refractivity contribution in [3.05, 3.63) is 34.4 Å². The van der Waals surface area contributed by atoms with Gasteiger partial charge in [-0.1, -0.05) is 34.7 Å². The Kier molecular flexibility index (Phi) is 5.39. The first kappa shape index (κ1) is 12.2. The second-order valence-electron chi connectivity index (χ2n) is 2.44. The van der Waals surface area contributed by atoms with Crippen molar-refractivity contribution in [2.75, 3.05) is 7.11 Å². The average Bonchev–Trinajstić information content (AvgIpc) is 2.11. The van der Waals surface area contributed by atoms with Gasteiger partial charge in [0.05, 0.1) is 12.7 Å². The minimum Gasteiger partial charge on any atom is -0.465 e. The standard InChI is InChI=1S/C10H13BrO2/c1-5-6-9(10(12)13-4)7(2)8(3)11/h5-6H,3H2,1-2,4H3/b6-5-,9-7+. The number of ether oxygens (including phenoxy) is 1. The third kappa shape index (κ3) is 3.59. The van der Waals surface area contributed by atoms with Crippen LogP contribution in [0.4, 0.5) is 0 Å². The van der Waals surface area contributed by atoms with Crippen LogP contribution in [0, 0.1) is 0 Å². The van der Waals surface area contributed by atoms with Crippen LogP contribution in [0.3, 0.4) is 0 Å². The van der Waals surface area contributed by atoms with E-state index in [9.17, 15) is 4.79 Å². The molecule has 0 unspecified atom stereocenters. The second kappa shape index (κ2) is 5.75. The van der Waals surface area contributed by atoms with Crippen LogP contribution >= 0.6 is 15.9 Å². The lowest BCUT2D eigenvalue weighted by Crippen LogP contribution is -2.05. The molecule has 0 spiro atoms. The monoisotopic (exact) mass is 244 g/mol. The quantitative estimate of drug-likeness (QED) is 0.434. The Morgan fingerprint density at radius 2 is 2.08 bits per heavy atom. The fourth-order valence-corrected chi connectivity index (χ4v) is 0.982. The van der Waals surface area contributed by atoms with Gasteiger partial charge in [0.2, 0.25) is 0 Å². The molecule has 0 amide bonds. The van der Waals surface area contributed by atoms with Gasteiger partial charge in [0.25, 0.3) is 0 Å². The number of rotatable bonds is 3. The van der Waals surface area contributed by atoms with E-state index in [2.05, 4.69) is 27.2 Å². The van der Waals surface area contributed by atoms with Gasteiger partial charge in [0.1, 0.15) is 0 Å². The zero-order valence-electron chi connectivity index (χ0n) is 8.06. The van der Waals surface area contributed by atoms with Crippen molar-refractivity contribution in [1.29, 1.82) is 0 Å². The van der Waals surface area contributed by atoms with E-state index in [0.717, 1.165) is 5.57 Å². The Labute approximate surface area is 87.1 Å². The number of hydrogen-bond acceptors (Lipinski definition) is 2. The summed E-state index contributed by atoms with van der Waals surface area (Å²) < 4.78 is 5.31. The molecule has 72 valence electrons. The smallest absolute Gasteiger partial charge is 0.338 e. The predicted octanol–water partition coefficient (Wildman–Crippen LogP) is 2.96. The lowest BCUT2D eigenvalue weighted by atomic mass is 10.1. The molecule has 0 aromatic heterocycles. The Balaban J connectivity index is 5.11. The number of carbonyl (C=O) groups is 1. The first-order valence-corrected chi connectivity index (χ1v) is 4.60. The van der Waals surface area contributed by atoms with Crippen molar-refractivity contribution in [3.63, 3.8) is 0 Å². The van der Waals surface area contributed by atoms with Crippen LogP contribution in [0.2, 0.25) is 0 Å². The van der Waals surface area contributed by atoms with Gasteiger partial charge in [-0.25, -0.2) is 4.79 Å². The fourth-order valence-electron chi connectivity index (χ4n) is 0.769. The van der Waals surface area contributed by atoms with Crippen molar-refractivity contribution in [2.24, 2.45) is 0 Å². The van der Waals surface area contributed by atoms with Crippen molar-refractivity contribution >= 4 is 21.9 Å². The van der Waals surface area contributed by atoms with Gasteiger partial charge < -0.3 is 4.74 Å². The maximum atomic E-state index is 11.3.